The SMILES string of the molecule is Cc1ccc(Nc2cnc(C(=O)NC3CC3)cn2)cc1Br. The molecule has 0 spiro atoms. The molecular formula is C15H15BrN4O. The largest absolute Gasteiger partial charge is 0.348 e. The van der Waals surface area contributed by atoms with E-state index in [0.29, 0.717) is 17.6 Å². The van der Waals surface area contributed by atoms with Crippen LogP contribution < -0.4 is 10.6 Å². The molecule has 1 aromatic carbocycles. The molecular weight excluding hydrogens is 332 g/mol. The first-order valence-electron chi connectivity index (χ1n) is 6.78. The van der Waals surface area contributed by atoms with Crippen molar-refractivity contribution in [2.45, 2.75) is 25.8 Å². The molecule has 1 amide bonds. The number of aryl methyl sites for hydroxylation is 1. The maximum absolute atomic E-state index is 11.8. The van der Waals surface area contributed by atoms with Gasteiger partial charge in [-0.25, -0.2) is 9.97 Å². The molecule has 1 aromatic heterocycles. The van der Waals surface area contributed by atoms with Gasteiger partial charge in [0.1, 0.15) is 11.5 Å². The van der Waals surface area contributed by atoms with Crippen LogP contribution in [0.25, 0.3) is 0 Å². The first-order valence-corrected chi connectivity index (χ1v) is 7.57. The van der Waals surface area contributed by atoms with Crippen LogP contribution in [0.3, 0.4) is 0 Å². The number of rotatable bonds is 4. The Balaban J connectivity index is 1.68. The average molecular weight is 347 g/mol. The zero-order valence-corrected chi connectivity index (χ0v) is 13.1. The van der Waals surface area contributed by atoms with E-state index in [1.54, 1.807) is 6.20 Å². The van der Waals surface area contributed by atoms with Crippen molar-refractivity contribution < 1.29 is 4.79 Å². The van der Waals surface area contributed by atoms with Crippen molar-refractivity contribution in [1.29, 1.82) is 0 Å². The first-order chi connectivity index (χ1) is 10.1. The van der Waals surface area contributed by atoms with E-state index in [2.05, 4.69) is 36.5 Å². The van der Waals surface area contributed by atoms with Gasteiger partial charge in [-0.3, -0.25) is 4.79 Å². The average Bonchev–Trinajstić information content (AvgIpc) is 3.28. The Hall–Kier alpha value is -1.95. The summed E-state index contributed by atoms with van der Waals surface area (Å²) in [5.74, 6) is 0.448. The van der Waals surface area contributed by atoms with E-state index in [1.807, 2.05) is 25.1 Å². The normalized spacial score (nSPS) is 13.8. The van der Waals surface area contributed by atoms with Crippen molar-refractivity contribution >= 4 is 33.3 Å². The van der Waals surface area contributed by atoms with Gasteiger partial charge >= 0.3 is 0 Å². The summed E-state index contributed by atoms with van der Waals surface area (Å²) in [6, 6.07) is 6.28. The molecule has 1 fully saturated rings. The number of nitrogens with one attached hydrogen (secondary N) is 2. The van der Waals surface area contributed by atoms with E-state index < -0.39 is 0 Å². The highest BCUT2D eigenvalue weighted by molar-refractivity contribution is 9.10. The van der Waals surface area contributed by atoms with Crippen molar-refractivity contribution in [3.8, 4) is 0 Å². The molecule has 0 radical (unpaired) electrons. The van der Waals surface area contributed by atoms with Crippen LogP contribution in [0, 0.1) is 6.92 Å². The minimum Gasteiger partial charge on any atom is -0.348 e. The molecule has 0 bridgehead atoms. The van der Waals surface area contributed by atoms with Crippen LogP contribution in [-0.2, 0) is 0 Å². The highest BCUT2D eigenvalue weighted by Gasteiger charge is 2.24. The molecule has 0 unspecified atom stereocenters. The number of anilines is 2. The molecule has 0 saturated heterocycles. The standard InChI is InChI=1S/C15H15BrN4O/c1-9-2-3-11(6-12(9)16)19-14-8-17-13(7-18-14)15(21)20-10-4-5-10/h2-3,6-8,10H,4-5H2,1H3,(H,18,19)(H,20,21). The summed E-state index contributed by atoms with van der Waals surface area (Å²) in [5, 5.41) is 6.04. The molecule has 1 aliphatic carbocycles. The van der Waals surface area contributed by atoms with Crippen molar-refractivity contribution in [3.05, 3.63) is 46.3 Å². The zero-order chi connectivity index (χ0) is 14.8. The van der Waals surface area contributed by atoms with Crippen LogP contribution in [0.1, 0.15) is 28.9 Å². The number of amides is 1. The zero-order valence-electron chi connectivity index (χ0n) is 11.6. The summed E-state index contributed by atoms with van der Waals surface area (Å²) in [5.41, 5.74) is 2.42. The fourth-order valence-electron chi connectivity index (χ4n) is 1.82. The van der Waals surface area contributed by atoms with E-state index in [0.717, 1.165) is 23.0 Å². The molecule has 1 heterocycles. The third-order valence-corrected chi connectivity index (χ3v) is 4.10. The van der Waals surface area contributed by atoms with Gasteiger partial charge in [-0.15, -0.1) is 0 Å². The van der Waals surface area contributed by atoms with E-state index in [1.165, 1.54) is 11.8 Å². The molecule has 5 nitrogen and oxygen atoms in total. The topological polar surface area (TPSA) is 66.9 Å². The minimum absolute atomic E-state index is 0.158. The number of hydrogen-bond acceptors (Lipinski definition) is 4. The minimum atomic E-state index is -0.158. The monoisotopic (exact) mass is 346 g/mol. The molecule has 1 saturated carbocycles. The van der Waals surface area contributed by atoms with Gasteiger partial charge in [0.2, 0.25) is 0 Å². The number of nitrogens with zero attached hydrogens (tertiary/aromatic N) is 2. The maximum atomic E-state index is 11.8. The van der Waals surface area contributed by atoms with Crippen LogP contribution in [0.5, 0.6) is 0 Å². The quantitative estimate of drug-likeness (QED) is 0.892. The highest BCUT2D eigenvalue weighted by atomic mass is 79.9. The lowest BCUT2D eigenvalue weighted by Gasteiger charge is -2.08. The van der Waals surface area contributed by atoms with Gasteiger partial charge in [-0.2, -0.15) is 0 Å². The number of hydrogen-bond donors (Lipinski definition) is 2. The van der Waals surface area contributed by atoms with E-state index in [4.69, 9.17) is 0 Å². The number of aromatic nitrogens is 2. The predicted octanol–water partition coefficient (Wildman–Crippen LogP) is 3.18. The summed E-state index contributed by atoms with van der Waals surface area (Å²) in [4.78, 5) is 20.2. The van der Waals surface area contributed by atoms with Crippen LogP contribution in [0.4, 0.5) is 11.5 Å². The lowest BCUT2D eigenvalue weighted by molar-refractivity contribution is 0.0945. The van der Waals surface area contributed by atoms with Gasteiger partial charge in [-0.1, -0.05) is 22.0 Å². The van der Waals surface area contributed by atoms with Crippen LogP contribution in [0.2, 0.25) is 0 Å². The van der Waals surface area contributed by atoms with Crippen LogP contribution in [0.15, 0.2) is 35.1 Å². The number of benzene rings is 1. The number of halogens is 1. The van der Waals surface area contributed by atoms with E-state index >= 15 is 0 Å². The molecule has 3 rings (SSSR count). The lowest BCUT2D eigenvalue weighted by Crippen LogP contribution is -2.26. The summed E-state index contributed by atoms with van der Waals surface area (Å²) >= 11 is 3.49. The summed E-state index contributed by atoms with van der Waals surface area (Å²) < 4.78 is 1.03. The Kier molecular flexibility index (Phi) is 3.88. The summed E-state index contributed by atoms with van der Waals surface area (Å²) in [7, 11) is 0. The molecule has 108 valence electrons. The van der Waals surface area contributed by atoms with Gasteiger partial charge in [0, 0.05) is 16.2 Å². The maximum Gasteiger partial charge on any atom is 0.271 e. The fourth-order valence-corrected chi connectivity index (χ4v) is 2.19. The van der Waals surface area contributed by atoms with E-state index in [-0.39, 0.29) is 5.91 Å². The van der Waals surface area contributed by atoms with Gasteiger partial charge in [-0.05, 0) is 37.5 Å². The Morgan fingerprint density at radius 1 is 1.29 bits per heavy atom. The molecule has 0 aliphatic heterocycles. The third kappa shape index (κ3) is 3.58. The Morgan fingerprint density at radius 3 is 2.71 bits per heavy atom. The predicted molar refractivity (Wildman–Crippen MR) is 84.7 cm³/mol. The number of carbonyl (C=O) groups excluding carboxylic acids is 1. The summed E-state index contributed by atoms with van der Waals surface area (Å²) in [6.07, 6.45) is 5.17. The lowest BCUT2D eigenvalue weighted by atomic mass is 10.2. The highest BCUT2D eigenvalue weighted by Crippen LogP contribution is 2.23. The van der Waals surface area contributed by atoms with Crippen LogP contribution >= 0.6 is 15.9 Å². The molecule has 6 heteroatoms. The van der Waals surface area contributed by atoms with Gasteiger partial charge in [0.15, 0.2) is 0 Å². The van der Waals surface area contributed by atoms with E-state index in [9.17, 15) is 4.79 Å². The molecule has 21 heavy (non-hydrogen) atoms. The first kappa shape index (κ1) is 14.0. The Bertz CT molecular complexity index is 668. The third-order valence-electron chi connectivity index (χ3n) is 3.24. The molecule has 2 aromatic rings. The molecule has 1 aliphatic rings. The fraction of sp³-hybridized carbons (Fsp3) is 0.267. The molecule has 0 atom stereocenters. The second kappa shape index (κ2) is 5.81. The van der Waals surface area contributed by atoms with Crippen molar-refractivity contribution in [2.75, 3.05) is 5.32 Å². The smallest absolute Gasteiger partial charge is 0.271 e. The second-order valence-electron chi connectivity index (χ2n) is 5.12. The number of carbonyl (C=O) groups is 1. The van der Waals surface area contributed by atoms with Crippen molar-refractivity contribution in [3.63, 3.8) is 0 Å². The van der Waals surface area contributed by atoms with Crippen molar-refractivity contribution in [2.24, 2.45) is 0 Å². The van der Waals surface area contributed by atoms with Gasteiger partial charge in [0.05, 0.1) is 12.4 Å². The van der Waals surface area contributed by atoms with Gasteiger partial charge < -0.3 is 10.6 Å². The van der Waals surface area contributed by atoms with Gasteiger partial charge in [0.25, 0.3) is 5.91 Å². The molecule has 2 N–H and O–H groups in total. The Labute approximate surface area is 131 Å². The Morgan fingerprint density at radius 2 is 2.10 bits per heavy atom. The van der Waals surface area contributed by atoms with Crippen molar-refractivity contribution in [1.82, 2.24) is 15.3 Å². The summed E-state index contributed by atoms with van der Waals surface area (Å²) in [6.45, 7) is 2.03. The van der Waals surface area contributed by atoms with Crippen LogP contribution in [-0.4, -0.2) is 21.9 Å². The second-order valence-corrected chi connectivity index (χ2v) is 5.98.